The zero-order chi connectivity index (χ0) is 21.3. The number of hydrogen-bond donors (Lipinski definition) is 2. The molecule has 1 unspecified atom stereocenters. The lowest BCUT2D eigenvalue weighted by Gasteiger charge is -2.46. The Balaban J connectivity index is 1.33. The number of hydrogen-bond acceptors (Lipinski definition) is 4. The Morgan fingerprint density at radius 2 is 1.65 bits per heavy atom. The number of benzene rings is 2. The molecule has 2 aliphatic carbocycles. The first-order valence-electron chi connectivity index (χ1n) is 10.8. The molecule has 0 aliphatic heterocycles. The summed E-state index contributed by atoms with van der Waals surface area (Å²) in [6.45, 7) is 0.304. The lowest BCUT2D eigenvalue weighted by molar-refractivity contribution is 0.00441. The first kappa shape index (κ1) is 19.8. The Morgan fingerprint density at radius 3 is 2.19 bits per heavy atom. The molecule has 1 atom stereocenters. The Hall–Kier alpha value is -3.18. The van der Waals surface area contributed by atoms with Crippen LogP contribution in [0.2, 0.25) is 0 Å². The molecule has 1 heterocycles. The SMILES string of the molecule is O=C(NC(c1ccncc1)C1(CO)CCC1)OCC1c2ccccc2-c2ccccc21. The molecule has 2 aromatic carbocycles. The maximum atomic E-state index is 12.9. The van der Waals surface area contributed by atoms with Crippen molar-refractivity contribution in [2.45, 2.75) is 31.2 Å². The van der Waals surface area contributed by atoms with E-state index in [-0.39, 0.29) is 30.6 Å². The molecule has 1 saturated carbocycles. The topological polar surface area (TPSA) is 71.5 Å². The Morgan fingerprint density at radius 1 is 1.03 bits per heavy atom. The number of nitrogens with one attached hydrogen (secondary N) is 1. The third-order valence-corrected chi connectivity index (χ3v) is 6.92. The maximum Gasteiger partial charge on any atom is 0.407 e. The minimum Gasteiger partial charge on any atom is -0.449 e. The van der Waals surface area contributed by atoms with E-state index in [2.05, 4.69) is 34.6 Å². The Labute approximate surface area is 182 Å². The summed E-state index contributed by atoms with van der Waals surface area (Å²) in [5.41, 5.74) is 5.39. The average molecular weight is 415 g/mol. The van der Waals surface area contributed by atoms with Gasteiger partial charge >= 0.3 is 6.09 Å². The van der Waals surface area contributed by atoms with Gasteiger partial charge in [-0.1, -0.05) is 55.0 Å². The standard InChI is InChI=1S/C26H26N2O3/c29-17-26(12-5-13-26)24(18-10-14-27-15-11-18)28-25(30)31-16-23-21-8-3-1-6-19(21)20-7-2-4-9-22(20)23/h1-4,6-11,14-15,23-24,29H,5,12-13,16-17H2,(H,28,30). The smallest absolute Gasteiger partial charge is 0.407 e. The van der Waals surface area contributed by atoms with Crippen LogP contribution in [0.5, 0.6) is 0 Å². The van der Waals surface area contributed by atoms with E-state index in [0.717, 1.165) is 24.8 Å². The van der Waals surface area contributed by atoms with Crippen LogP contribution in [0, 0.1) is 5.41 Å². The zero-order valence-electron chi connectivity index (χ0n) is 17.3. The Bertz CT molecular complexity index is 1030. The quantitative estimate of drug-likeness (QED) is 0.606. The van der Waals surface area contributed by atoms with Crippen LogP contribution in [0.15, 0.2) is 73.1 Å². The van der Waals surface area contributed by atoms with Crippen molar-refractivity contribution in [3.8, 4) is 11.1 Å². The van der Waals surface area contributed by atoms with E-state index in [9.17, 15) is 9.90 Å². The molecule has 0 radical (unpaired) electrons. The van der Waals surface area contributed by atoms with Crippen molar-refractivity contribution in [3.63, 3.8) is 0 Å². The summed E-state index contributed by atoms with van der Waals surface area (Å²) >= 11 is 0. The number of fused-ring (bicyclic) bond motifs is 3. The summed E-state index contributed by atoms with van der Waals surface area (Å²) in [6, 6.07) is 20.1. The van der Waals surface area contributed by atoms with Crippen molar-refractivity contribution in [2.24, 2.45) is 5.41 Å². The van der Waals surface area contributed by atoms with Gasteiger partial charge in [0.25, 0.3) is 0 Å². The van der Waals surface area contributed by atoms with Gasteiger partial charge in [0, 0.05) is 23.7 Å². The molecule has 31 heavy (non-hydrogen) atoms. The van der Waals surface area contributed by atoms with Crippen molar-refractivity contribution >= 4 is 6.09 Å². The second-order valence-electron chi connectivity index (χ2n) is 8.56. The highest BCUT2D eigenvalue weighted by molar-refractivity contribution is 5.79. The molecule has 1 aromatic heterocycles. The normalized spacial score (nSPS) is 17.2. The summed E-state index contributed by atoms with van der Waals surface area (Å²) in [7, 11) is 0. The van der Waals surface area contributed by atoms with Gasteiger partial charge in [0.15, 0.2) is 0 Å². The van der Waals surface area contributed by atoms with Crippen molar-refractivity contribution in [2.75, 3.05) is 13.2 Å². The number of alkyl carbamates (subject to hydrolysis) is 1. The number of aromatic nitrogens is 1. The van der Waals surface area contributed by atoms with E-state index in [1.165, 1.54) is 22.3 Å². The van der Waals surface area contributed by atoms with Crippen LogP contribution in [-0.4, -0.2) is 29.4 Å². The minimum atomic E-state index is -0.455. The summed E-state index contributed by atoms with van der Waals surface area (Å²) in [6.07, 6.45) is 5.77. The Kier molecular flexibility index (Phi) is 5.20. The third-order valence-electron chi connectivity index (χ3n) is 6.92. The number of amides is 1. The minimum absolute atomic E-state index is 0.0213. The third kappa shape index (κ3) is 3.49. The molecule has 2 N–H and O–H groups in total. The molecule has 2 aliphatic rings. The van der Waals surface area contributed by atoms with Crippen molar-refractivity contribution in [3.05, 3.63) is 89.7 Å². The average Bonchev–Trinajstić information content (AvgIpc) is 3.11. The molecule has 158 valence electrons. The van der Waals surface area contributed by atoms with E-state index in [1.54, 1.807) is 12.4 Å². The van der Waals surface area contributed by atoms with Crippen LogP contribution < -0.4 is 5.32 Å². The fourth-order valence-electron chi connectivity index (χ4n) is 5.07. The molecule has 5 heteroatoms. The molecular weight excluding hydrogens is 388 g/mol. The number of pyridine rings is 1. The van der Waals surface area contributed by atoms with Crippen molar-refractivity contribution in [1.82, 2.24) is 10.3 Å². The monoisotopic (exact) mass is 414 g/mol. The van der Waals surface area contributed by atoms with Gasteiger partial charge in [-0.05, 0) is 52.8 Å². The molecule has 0 bridgehead atoms. The van der Waals surface area contributed by atoms with Gasteiger partial charge < -0.3 is 15.2 Å². The highest BCUT2D eigenvalue weighted by Crippen LogP contribution is 2.50. The van der Waals surface area contributed by atoms with Crippen molar-refractivity contribution in [1.29, 1.82) is 0 Å². The fourth-order valence-corrected chi connectivity index (χ4v) is 5.07. The fraction of sp³-hybridized carbons (Fsp3) is 0.308. The first-order chi connectivity index (χ1) is 15.2. The number of nitrogens with zero attached hydrogens (tertiary/aromatic N) is 1. The first-order valence-corrected chi connectivity index (χ1v) is 10.8. The summed E-state index contributed by atoms with van der Waals surface area (Å²) < 4.78 is 5.75. The van der Waals surface area contributed by atoms with Crippen LogP contribution in [0.1, 0.15) is 47.9 Å². The number of carbonyl (C=O) groups excluding carboxylic acids is 1. The molecular formula is C26H26N2O3. The van der Waals surface area contributed by atoms with Crippen LogP contribution in [0.25, 0.3) is 11.1 Å². The molecule has 3 aromatic rings. The van der Waals surface area contributed by atoms with E-state index in [4.69, 9.17) is 4.74 Å². The lowest BCUT2D eigenvalue weighted by Crippen LogP contribution is -2.47. The highest BCUT2D eigenvalue weighted by Gasteiger charge is 2.45. The van der Waals surface area contributed by atoms with Crippen LogP contribution >= 0.6 is 0 Å². The second kappa shape index (κ2) is 8.16. The number of aliphatic hydroxyl groups is 1. The number of carbonyl (C=O) groups is 1. The zero-order valence-corrected chi connectivity index (χ0v) is 17.3. The number of aliphatic hydroxyl groups excluding tert-OH is 1. The second-order valence-corrected chi connectivity index (χ2v) is 8.56. The molecule has 1 amide bonds. The molecule has 0 saturated heterocycles. The van der Waals surface area contributed by atoms with Crippen LogP contribution in [-0.2, 0) is 4.74 Å². The predicted molar refractivity (Wildman–Crippen MR) is 119 cm³/mol. The summed E-state index contributed by atoms with van der Waals surface area (Å²) in [5, 5.41) is 13.1. The van der Waals surface area contributed by atoms with Gasteiger partial charge in [-0.25, -0.2) is 4.79 Å². The summed E-state index contributed by atoms with van der Waals surface area (Å²) in [4.78, 5) is 17.0. The highest BCUT2D eigenvalue weighted by atomic mass is 16.5. The maximum absolute atomic E-state index is 12.9. The van der Waals surface area contributed by atoms with Gasteiger partial charge in [0.05, 0.1) is 12.6 Å². The van der Waals surface area contributed by atoms with Crippen LogP contribution in [0.3, 0.4) is 0 Å². The number of rotatable bonds is 6. The van der Waals surface area contributed by atoms with E-state index < -0.39 is 6.09 Å². The lowest BCUT2D eigenvalue weighted by atomic mass is 9.63. The van der Waals surface area contributed by atoms with E-state index >= 15 is 0 Å². The van der Waals surface area contributed by atoms with E-state index in [1.807, 2.05) is 36.4 Å². The van der Waals surface area contributed by atoms with Gasteiger partial charge in [-0.3, -0.25) is 4.98 Å². The van der Waals surface area contributed by atoms with Gasteiger partial charge in [0.1, 0.15) is 6.61 Å². The van der Waals surface area contributed by atoms with Gasteiger partial charge in [-0.15, -0.1) is 0 Å². The van der Waals surface area contributed by atoms with Crippen molar-refractivity contribution < 1.29 is 14.6 Å². The molecule has 5 nitrogen and oxygen atoms in total. The van der Waals surface area contributed by atoms with Gasteiger partial charge in [-0.2, -0.15) is 0 Å². The molecule has 5 rings (SSSR count). The van der Waals surface area contributed by atoms with E-state index in [0.29, 0.717) is 0 Å². The van der Waals surface area contributed by atoms with Gasteiger partial charge in [0.2, 0.25) is 0 Å². The largest absolute Gasteiger partial charge is 0.449 e. The molecule has 0 spiro atoms. The van der Waals surface area contributed by atoms with Crippen LogP contribution in [0.4, 0.5) is 4.79 Å². The summed E-state index contributed by atoms with van der Waals surface area (Å²) in [5.74, 6) is 0.0213. The number of ether oxygens (including phenoxy) is 1. The predicted octanol–water partition coefficient (Wildman–Crippen LogP) is 4.82. The molecule has 1 fully saturated rings.